The lowest BCUT2D eigenvalue weighted by atomic mass is 9.94. The molecule has 4 nitrogen and oxygen atoms in total. The highest BCUT2D eigenvalue weighted by atomic mass is 32.2. The van der Waals surface area contributed by atoms with Crippen molar-refractivity contribution in [1.29, 1.82) is 0 Å². The summed E-state index contributed by atoms with van der Waals surface area (Å²) in [7, 11) is 0. The lowest BCUT2D eigenvalue weighted by molar-refractivity contribution is 0.0697. The summed E-state index contributed by atoms with van der Waals surface area (Å²) in [5.41, 5.74) is 1.93. The fraction of sp³-hybridized carbons (Fsp3) is 0.263. The molecular formula is C19H19NO3S. The first kappa shape index (κ1) is 16.6. The van der Waals surface area contributed by atoms with E-state index in [1.807, 2.05) is 17.8 Å². The highest BCUT2D eigenvalue weighted by Gasteiger charge is 2.20. The lowest BCUT2D eigenvalue weighted by Crippen LogP contribution is -2.37. The number of carbonyl (C=O) groups excluding carboxylic acids is 1. The van der Waals surface area contributed by atoms with E-state index in [4.69, 9.17) is 0 Å². The van der Waals surface area contributed by atoms with Crippen LogP contribution in [0.2, 0.25) is 0 Å². The van der Waals surface area contributed by atoms with Gasteiger partial charge in [-0.05, 0) is 47.6 Å². The Balaban J connectivity index is 1.93. The molecule has 1 saturated heterocycles. The first-order chi connectivity index (χ1) is 11.7. The topological polar surface area (TPSA) is 66.4 Å². The maximum absolute atomic E-state index is 12.7. The van der Waals surface area contributed by atoms with Crippen molar-refractivity contribution in [2.45, 2.75) is 18.9 Å². The van der Waals surface area contributed by atoms with Gasteiger partial charge in [-0.3, -0.25) is 4.79 Å². The van der Waals surface area contributed by atoms with Gasteiger partial charge in [0.05, 0.1) is 5.56 Å². The fourth-order valence-electron chi connectivity index (χ4n) is 2.93. The zero-order chi connectivity index (χ0) is 16.9. The Kier molecular flexibility index (Phi) is 5.20. The Morgan fingerprint density at radius 2 is 1.46 bits per heavy atom. The standard InChI is InChI=1S/C19H19NO3S/c21-18(20-13-9-11-24-12-10-13)16-7-3-1-5-14(16)15-6-2-4-8-17(15)19(22)23/h1-8,13H,9-12H2,(H,20,21)(H,22,23). The zero-order valence-corrected chi connectivity index (χ0v) is 14.0. The highest BCUT2D eigenvalue weighted by molar-refractivity contribution is 7.99. The molecule has 0 atom stereocenters. The second-order valence-corrected chi connectivity index (χ2v) is 6.98. The maximum Gasteiger partial charge on any atom is 0.336 e. The molecule has 1 amide bonds. The molecule has 0 radical (unpaired) electrons. The Bertz CT molecular complexity index is 754. The van der Waals surface area contributed by atoms with E-state index in [1.54, 1.807) is 42.5 Å². The van der Waals surface area contributed by atoms with Gasteiger partial charge in [-0.2, -0.15) is 11.8 Å². The number of carboxylic acid groups (broad SMARTS) is 1. The molecule has 1 heterocycles. The van der Waals surface area contributed by atoms with Crippen molar-refractivity contribution < 1.29 is 14.7 Å². The summed E-state index contributed by atoms with van der Waals surface area (Å²) in [6.07, 6.45) is 1.95. The predicted octanol–water partition coefficient (Wildman–Crippen LogP) is 3.68. The number of rotatable bonds is 4. The van der Waals surface area contributed by atoms with Crippen LogP contribution in [0.3, 0.4) is 0 Å². The molecule has 1 aliphatic rings. The number of benzene rings is 2. The molecule has 5 heteroatoms. The minimum absolute atomic E-state index is 0.136. The van der Waals surface area contributed by atoms with Crippen LogP contribution >= 0.6 is 11.8 Å². The normalized spacial score (nSPS) is 15.0. The second kappa shape index (κ2) is 7.53. The smallest absolute Gasteiger partial charge is 0.336 e. The number of nitrogens with one attached hydrogen (secondary N) is 1. The van der Waals surface area contributed by atoms with Crippen LogP contribution in [0, 0.1) is 0 Å². The molecule has 124 valence electrons. The highest BCUT2D eigenvalue weighted by Crippen LogP contribution is 2.28. The van der Waals surface area contributed by atoms with Gasteiger partial charge in [0.2, 0.25) is 0 Å². The molecule has 24 heavy (non-hydrogen) atoms. The van der Waals surface area contributed by atoms with Gasteiger partial charge in [-0.15, -0.1) is 0 Å². The summed E-state index contributed by atoms with van der Waals surface area (Å²) in [6, 6.07) is 14.2. The number of carbonyl (C=O) groups is 2. The third kappa shape index (κ3) is 3.62. The zero-order valence-electron chi connectivity index (χ0n) is 13.2. The number of carboxylic acids is 1. The molecule has 0 aromatic heterocycles. The van der Waals surface area contributed by atoms with Crippen LogP contribution in [0.15, 0.2) is 48.5 Å². The van der Waals surface area contributed by atoms with Crippen molar-refractivity contribution in [1.82, 2.24) is 5.32 Å². The Labute approximate surface area is 145 Å². The first-order valence-corrected chi connectivity index (χ1v) is 9.12. The van der Waals surface area contributed by atoms with Gasteiger partial charge in [0.25, 0.3) is 5.91 Å². The van der Waals surface area contributed by atoms with Crippen LogP contribution in [0.25, 0.3) is 11.1 Å². The molecule has 1 fully saturated rings. The van der Waals surface area contributed by atoms with Gasteiger partial charge in [0, 0.05) is 11.6 Å². The Morgan fingerprint density at radius 1 is 0.917 bits per heavy atom. The summed E-state index contributed by atoms with van der Waals surface area (Å²) in [5.74, 6) is 0.996. The van der Waals surface area contributed by atoms with Crippen LogP contribution in [-0.2, 0) is 0 Å². The summed E-state index contributed by atoms with van der Waals surface area (Å²) in [5, 5.41) is 12.5. The molecule has 2 aromatic rings. The average molecular weight is 341 g/mol. The monoisotopic (exact) mass is 341 g/mol. The van der Waals surface area contributed by atoms with Crippen molar-refractivity contribution in [2.24, 2.45) is 0 Å². The maximum atomic E-state index is 12.7. The number of hydrogen-bond donors (Lipinski definition) is 2. The van der Waals surface area contributed by atoms with E-state index in [1.165, 1.54) is 0 Å². The first-order valence-electron chi connectivity index (χ1n) is 7.97. The van der Waals surface area contributed by atoms with Crippen LogP contribution < -0.4 is 5.32 Å². The quantitative estimate of drug-likeness (QED) is 0.890. The summed E-state index contributed by atoms with van der Waals surface area (Å²) >= 11 is 1.91. The van der Waals surface area contributed by atoms with E-state index in [9.17, 15) is 14.7 Å². The second-order valence-electron chi connectivity index (χ2n) is 5.76. The van der Waals surface area contributed by atoms with Gasteiger partial charge < -0.3 is 10.4 Å². The minimum atomic E-state index is -0.995. The van der Waals surface area contributed by atoms with Crippen LogP contribution in [0.4, 0.5) is 0 Å². The number of hydrogen-bond acceptors (Lipinski definition) is 3. The van der Waals surface area contributed by atoms with Crippen molar-refractivity contribution in [3.63, 3.8) is 0 Å². The van der Waals surface area contributed by atoms with Crippen LogP contribution in [0.5, 0.6) is 0 Å². The Morgan fingerprint density at radius 3 is 2.08 bits per heavy atom. The van der Waals surface area contributed by atoms with Gasteiger partial charge in [0.15, 0.2) is 0 Å². The van der Waals surface area contributed by atoms with Gasteiger partial charge in [-0.1, -0.05) is 36.4 Å². The summed E-state index contributed by atoms with van der Waals surface area (Å²) in [4.78, 5) is 24.2. The summed E-state index contributed by atoms with van der Waals surface area (Å²) < 4.78 is 0. The van der Waals surface area contributed by atoms with Crippen molar-refractivity contribution in [2.75, 3.05) is 11.5 Å². The number of amides is 1. The number of aromatic carboxylic acids is 1. The van der Waals surface area contributed by atoms with Crippen molar-refractivity contribution in [3.05, 3.63) is 59.7 Å². The molecule has 0 unspecified atom stereocenters. The van der Waals surface area contributed by atoms with E-state index >= 15 is 0 Å². The Hall–Kier alpha value is -2.27. The van der Waals surface area contributed by atoms with Crippen molar-refractivity contribution in [3.8, 4) is 11.1 Å². The fourth-order valence-corrected chi connectivity index (χ4v) is 4.03. The third-order valence-corrected chi connectivity index (χ3v) is 5.22. The molecule has 2 aromatic carbocycles. The minimum Gasteiger partial charge on any atom is -0.478 e. The molecule has 0 saturated carbocycles. The van der Waals surface area contributed by atoms with Gasteiger partial charge in [0.1, 0.15) is 0 Å². The van der Waals surface area contributed by atoms with Gasteiger partial charge in [-0.25, -0.2) is 4.79 Å². The summed E-state index contributed by atoms with van der Waals surface area (Å²) in [6.45, 7) is 0. The molecule has 0 spiro atoms. The molecule has 2 N–H and O–H groups in total. The molecule has 0 bridgehead atoms. The van der Waals surface area contributed by atoms with E-state index in [2.05, 4.69) is 5.32 Å². The van der Waals surface area contributed by atoms with E-state index in [0.717, 1.165) is 24.3 Å². The van der Waals surface area contributed by atoms with Crippen molar-refractivity contribution >= 4 is 23.6 Å². The SMILES string of the molecule is O=C(O)c1ccccc1-c1ccccc1C(=O)NC1CCSCC1. The molecule has 1 aliphatic heterocycles. The predicted molar refractivity (Wildman–Crippen MR) is 96.7 cm³/mol. The van der Waals surface area contributed by atoms with E-state index in [-0.39, 0.29) is 17.5 Å². The van der Waals surface area contributed by atoms with Gasteiger partial charge >= 0.3 is 5.97 Å². The lowest BCUT2D eigenvalue weighted by Gasteiger charge is -2.23. The van der Waals surface area contributed by atoms with E-state index in [0.29, 0.717) is 16.7 Å². The van der Waals surface area contributed by atoms with Crippen LogP contribution in [0.1, 0.15) is 33.6 Å². The van der Waals surface area contributed by atoms with Crippen LogP contribution in [-0.4, -0.2) is 34.5 Å². The molecular weight excluding hydrogens is 322 g/mol. The third-order valence-electron chi connectivity index (χ3n) is 4.18. The average Bonchev–Trinajstić information content (AvgIpc) is 2.62. The molecule has 0 aliphatic carbocycles. The largest absolute Gasteiger partial charge is 0.478 e. The number of thioether (sulfide) groups is 1. The van der Waals surface area contributed by atoms with E-state index < -0.39 is 5.97 Å². The molecule has 3 rings (SSSR count).